The molecule has 2 amide bonds. The molecule has 0 aromatic heterocycles. The van der Waals surface area contributed by atoms with Gasteiger partial charge in [-0.1, -0.05) is 66.7 Å². The number of carbonyl (C=O) groups excluding carboxylic acids is 4. The van der Waals surface area contributed by atoms with Crippen LogP contribution < -0.4 is 10.6 Å². The second-order valence-corrected chi connectivity index (χ2v) is 6.67. The number of hydrogen-bond donors (Lipinski definition) is 2. The van der Waals surface area contributed by atoms with Gasteiger partial charge in [-0.3, -0.25) is 19.2 Å². The zero-order valence-electron chi connectivity index (χ0n) is 17.2. The van der Waals surface area contributed by atoms with Crippen LogP contribution in [-0.4, -0.2) is 23.4 Å². The summed E-state index contributed by atoms with van der Waals surface area (Å²) in [6.07, 6.45) is -0.201. The number of Topliss-reactive ketones (excluding diaryl/α,β-unsaturated/α-hetero) is 2. The Hall–Kier alpha value is -4.06. The van der Waals surface area contributed by atoms with Gasteiger partial charge in [0.15, 0.2) is 5.78 Å². The van der Waals surface area contributed by atoms with Crippen LogP contribution in [-0.2, 0) is 14.4 Å². The molecule has 6 heteroatoms. The minimum atomic E-state index is -0.296. The lowest BCUT2D eigenvalue weighted by Crippen LogP contribution is -2.16. The van der Waals surface area contributed by atoms with Crippen molar-refractivity contribution in [1.29, 1.82) is 0 Å². The number of amides is 2. The van der Waals surface area contributed by atoms with Gasteiger partial charge in [0, 0.05) is 16.9 Å². The number of ketones is 2. The summed E-state index contributed by atoms with van der Waals surface area (Å²) in [6.45, 7) is 1.39. The van der Waals surface area contributed by atoms with Gasteiger partial charge >= 0.3 is 0 Å². The van der Waals surface area contributed by atoms with E-state index in [1.165, 1.54) is 6.92 Å². The van der Waals surface area contributed by atoms with E-state index in [4.69, 9.17) is 0 Å². The third kappa shape index (κ3) is 9.32. The average molecular weight is 416 g/mol. The Balaban J connectivity index is 0.000000233. The van der Waals surface area contributed by atoms with Crippen LogP contribution in [0.5, 0.6) is 0 Å². The molecule has 0 saturated heterocycles. The number of hydrogen-bond acceptors (Lipinski definition) is 4. The smallest absolute Gasteiger partial charge is 0.232 e. The fourth-order valence-electron chi connectivity index (χ4n) is 2.55. The van der Waals surface area contributed by atoms with E-state index in [2.05, 4.69) is 10.6 Å². The summed E-state index contributed by atoms with van der Waals surface area (Å²) < 4.78 is 0. The maximum atomic E-state index is 11.8. The molecular formula is C25H24N2O4. The number of para-hydroxylation sites is 2. The van der Waals surface area contributed by atoms with Gasteiger partial charge in [-0.15, -0.1) is 0 Å². The van der Waals surface area contributed by atoms with Crippen molar-refractivity contribution in [2.24, 2.45) is 0 Å². The van der Waals surface area contributed by atoms with Gasteiger partial charge in [0.25, 0.3) is 0 Å². The highest BCUT2D eigenvalue weighted by molar-refractivity contribution is 6.11. The Labute approximate surface area is 181 Å². The second-order valence-electron chi connectivity index (χ2n) is 6.67. The van der Waals surface area contributed by atoms with Crippen LogP contribution in [0.4, 0.5) is 11.4 Å². The summed E-state index contributed by atoms with van der Waals surface area (Å²) in [5.41, 5.74) is 1.97. The van der Waals surface area contributed by atoms with Gasteiger partial charge in [0.2, 0.25) is 11.8 Å². The fraction of sp³-hybridized carbons (Fsp3) is 0.120. The Morgan fingerprint density at radius 1 is 0.581 bits per heavy atom. The van der Waals surface area contributed by atoms with Crippen molar-refractivity contribution in [2.75, 3.05) is 10.6 Å². The molecule has 0 spiro atoms. The van der Waals surface area contributed by atoms with Crippen molar-refractivity contribution < 1.29 is 19.2 Å². The lowest BCUT2D eigenvalue weighted by Gasteiger charge is -2.04. The number of benzene rings is 3. The van der Waals surface area contributed by atoms with Crippen LogP contribution in [0, 0.1) is 0 Å². The summed E-state index contributed by atoms with van der Waals surface area (Å²) in [7, 11) is 0. The molecule has 2 N–H and O–H groups in total. The second kappa shape index (κ2) is 12.5. The largest absolute Gasteiger partial charge is 0.326 e. The highest BCUT2D eigenvalue weighted by atomic mass is 16.2. The van der Waals surface area contributed by atoms with Gasteiger partial charge < -0.3 is 10.6 Å². The molecule has 0 aliphatic rings. The third-order valence-electron chi connectivity index (χ3n) is 3.94. The van der Waals surface area contributed by atoms with E-state index in [1.54, 1.807) is 48.5 Å². The van der Waals surface area contributed by atoms with Crippen molar-refractivity contribution in [3.8, 4) is 0 Å². The highest BCUT2D eigenvalue weighted by Crippen LogP contribution is 2.08. The van der Waals surface area contributed by atoms with Crippen LogP contribution in [0.3, 0.4) is 0 Å². The fourth-order valence-corrected chi connectivity index (χ4v) is 2.55. The minimum absolute atomic E-state index is 0.0606. The summed E-state index contributed by atoms with van der Waals surface area (Å²) in [6, 6.07) is 27.0. The van der Waals surface area contributed by atoms with Crippen LogP contribution >= 0.6 is 0 Å². The zero-order chi connectivity index (χ0) is 22.5. The van der Waals surface area contributed by atoms with Crippen molar-refractivity contribution in [3.63, 3.8) is 0 Å². The Bertz CT molecular complexity index is 1000. The standard InChI is InChI=1S/C15H13NO2.C10H11NO2/c17-14(12-7-3-1-4-8-12)11-15(18)16-13-9-5-2-6-10-13;1-8(12)7-10(13)11-9-5-3-2-4-6-9/h1-10H,11H2,(H,16,18);2-6H,7H2,1H3,(H,11,13). The molecule has 0 radical (unpaired) electrons. The Morgan fingerprint density at radius 2 is 0.968 bits per heavy atom. The van der Waals surface area contributed by atoms with Crippen LogP contribution in [0.1, 0.15) is 30.1 Å². The summed E-state index contributed by atoms with van der Waals surface area (Å²) >= 11 is 0. The maximum Gasteiger partial charge on any atom is 0.232 e. The molecule has 0 unspecified atom stereocenters. The van der Waals surface area contributed by atoms with Crippen molar-refractivity contribution in [2.45, 2.75) is 19.8 Å². The molecule has 0 heterocycles. The van der Waals surface area contributed by atoms with E-state index in [0.717, 1.165) is 0 Å². The van der Waals surface area contributed by atoms with E-state index in [-0.39, 0.29) is 36.2 Å². The van der Waals surface area contributed by atoms with Gasteiger partial charge in [0.1, 0.15) is 5.78 Å². The number of anilines is 2. The minimum Gasteiger partial charge on any atom is -0.326 e. The molecule has 3 aromatic carbocycles. The molecule has 3 rings (SSSR count). The first kappa shape index (κ1) is 23.2. The molecule has 158 valence electrons. The topological polar surface area (TPSA) is 92.3 Å². The van der Waals surface area contributed by atoms with Crippen molar-refractivity contribution >= 4 is 34.8 Å². The molecule has 0 fully saturated rings. The predicted molar refractivity (Wildman–Crippen MR) is 121 cm³/mol. The van der Waals surface area contributed by atoms with E-state index in [1.807, 2.05) is 42.5 Å². The predicted octanol–water partition coefficient (Wildman–Crippen LogP) is 4.50. The summed E-state index contributed by atoms with van der Waals surface area (Å²) in [4.78, 5) is 45.1. The van der Waals surface area contributed by atoms with Gasteiger partial charge in [0.05, 0.1) is 12.8 Å². The molecular weight excluding hydrogens is 392 g/mol. The van der Waals surface area contributed by atoms with E-state index in [9.17, 15) is 19.2 Å². The number of nitrogens with one attached hydrogen (secondary N) is 2. The molecule has 0 saturated carbocycles. The van der Waals surface area contributed by atoms with Crippen LogP contribution in [0.25, 0.3) is 0 Å². The molecule has 0 bridgehead atoms. The molecule has 0 atom stereocenters. The molecule has 0 aliphatic carbocycles. The number of carbonyl (C=O) groups is 4. The van der Waals surface area contributed by atoms with Gasteiger partial charge in [-0.05, 0) is 31.2 Å². The average Bonchev–Trinajstić information content (AvgIpc) is 2.75. The quantitative estimate of drug-likeness (QED) is 0.438. The van der Waals surface area contributed by atoms with Crippen LogP contribution in [0.2, 0.25) is 0 Å². The van der Waals surface area contributed by atoms with E-state index in [0.29, 0.717) is 16.9 Å². The first-order chi connectivity index (χ1) is 14.9. The molecule has 6 nitrogen and oxygen atoms in total. The molecule has 0 aliphatic heterocycles. The molecule has 31 heavy (non-hydrogen) atoms. The van der Waals surface area contributed by atoms with E-state index >= 15 is 0 Å². The van der Waals surface area contributed by atoms with Gasteiger partial charge in [-0.25, -0.2) is 0 Å². The molecule has 3 aromatic rings. The summed E-state index contributed by atoms with van der Waals surface area (Å²) in [5, 5.41) is 5.30. The first-order valence-corrected chi connectivity index (χ1v) is 9.71. The Morgan fingerprint density at radius 3 is 1.39 bits per heavy atom. The maximum absolute atomic E-state index is 11.8. The first-order valence-electron chi connectivity index (χ1n) is 9.71. The normalized spacial score (nSPS) is 9.58. The van der Waals surface area contributed by atoms with Crippen molar-refractivity contribution in [1.82, 2.24) is 0 Å². The third-order valence-corrected chi connectivity index (χ3v) is 3.94. The van der Waals surface area contributed by atoms with Gasteiger partial charge in [-0.2, -0.15) is 0 Å². The van der Waals surface area contributed by atoms with Crippen LogP contribution in [0.15, 0.2) is 91.0 Å². The Kier molecular flexibility index (Phi) is 9.36. The lowest BCUT2D eigenvalue weighted by molar-refractivity contribution is -0.124. The monoisotopic (exact) mass is 416 g/mol. The van der Waals surface area contributed by atoms with E-state index < -0.39 is 0 Å². The summed E-state index contributed by atoms with van der Waals surface area (Å²) in [5.74, 6) is -0.869. The zero-order valence-corrected chi connectivity index (χ0v) is 17.2. The SMILES string of the molecule is CC(=O)CC(=O)Nc1ccccc1.O=C(CC(=O)c1ccccc1)Nc1ccccc1. The number of rotatable bonds is 7. The highest BCUT2D eigenvalue weighted by Gasteiger charge is 2.11. The van der Waals surface area contributed by atoms with Crippen molar-refractivity contribution in [3.05, 3.63) is 96.6 Å². The lowest BCUT2D eigenvalue weighted by atomic mass is 10.1.